The van der Waals surface area contributed by atoms with Crippen molar-refractivity contribution in [1.29, 1.82) is 0 Å². The second kappa shape index (κ2) is 5.48. The molecule has 3 nitrogen and oxygen atoms in total. The standard InChI is InChI=1S/C12H17ClN2O/c1-9-2-4-11(5-3-9)16-12-8-14-10(6-13)7-15-12/h7-9,11H,2-6H2,1H3. The van der Waals surface area contributed by atoms with Crippen molar-refractivity contribution < 1.29 is 4.74 Å². The summed E-state index contributed by atoms with van der Waals surface area (Å²) in [4.78, 5) is 8.35. The van der Waals surface area contributed by atoms with Gasteiger partial charge in [0.05, 0.1) is 24.0 Å². The van der Waals surface area contributed by atoms with Crippen LogP contribution in [0.15, 0.2) is 12.4 Å². The molecule has 0 N–H and O–H groups in total. The monoisotopic (exact) mass is 240 g/mol. The summed E-state index contributed by atoms with van der Waals surface area (Å²) in [6, 6.07) is 0. The Balaban J connectivity index is 1.88. The first kappa shape index (κ1) is 11.6. The van der Waals surface area contributed by atoms with Crippen molar-refractivity contribution >= 4 is 11.6 Å². The molecule has 0 aliphatic heterocycles. The zero-order valence-electron chi connectivity index (χ0n) is 9.53. The summed E-state index contributed by atoms with van der Waals surface area (Å²) >= 11 is 5.64. The number of nitrogens with zero attached hydrogens (tertiary/aromatic N) is 2. The summed E-state index contributed by atoms with van der Waals surface area (Å²) in [5.74, 6) is 1.85. The van der Waals surface area contributed by atoms with Crippen LogP contribution in [0.25, 0.3) is 0 Å². The number of rotatable bonds is 3. The molecule has 4 heteroatoms. The van der Waals surface area contributed by atoms with E-state index in [9.17, 15) is 0 Å². The summed E-state index contributed by atoms with van der Waals surface area (Å²) in [7, 11) is 0. The van der Waals surface area contributed by atoms with E-state index in [1.165, 1.54) is 12.8 Å². The predicted molar refractivity (Wildman–Crippen MR) is 63.6 cm³/mol. The second-order valence-corrected chi connectivity index (χ2v) is 4.75. The van der Waals surface area contributed by atoms with E-state index >= 15 is 0 Å². The van der Waals surface area contributed by atoms with Crippen molar-refractivity contribution in [2.24, 2.45) is 5.92 Å². The van der Waals surface area contributed by atoms with Crippen molar-refractivity contribution in [2.75, 3.05) is 0 Å². The minimum atomic E-state index is 0.312. The van der Waals surface area contributed by atoms with Gasteiger partial charge in [0.25, 0.3) is 0 Å². The Kier molecular flexibility index (Phi) is 3.99. The molecule has 0 atom stereocenters. The number of hydrogen-bond acceptors (Lipinski definition) is 3. The first-order chi connectivity index (χ1) is 7.78. The molecule has 0 spiro atoms. The lowest BCUT2D eigenvalue weighted by Gasteiger charge is -2.26. The highest BCUT2D eigenvalue weighted by Crippen LogP contribution is 2.26. The van der Waals surface area contributed by atoms with Crippen LogP contribution >= 0.6 is 11.6 Å². The SMILES string of the molecule is CC1CCC(Oc2cnc(CCl)cn2)CC1. The third kappa shape index (κ3) is 3.08. The normalized spacial score (nSPS) is 25.4. The van der Waals surface area contributed by atoms with Crippen molar-refractivity contribution in [2.45, 2.75) is 44.6 Å². The fourth-order valence-corrected chi connectivity index (χ4v) is 2.13. The third-order valence-electron chi connectivity index (χ3n) is 3.07. The largest absolute Gasteiger partial charge is 0.473 e. The van der Waals surface area contributed by atoms with Crippen molar-refractivity contribution in [3.05, 3.63) is 18.1 Å². The van der Waals surface area contributed by atoms with E-state index in [2.05, 4.69) is 16.9 Å². The van der Waals surface area contributed by atoms with Crippen LogP contribution in [-0.4, -0.2) is 16.1 Å². The molecule has 0 bridgehead atoms. The van der Waals surface area contributed by atoms with Crippen LogP contribution in [0.4, 0.5) is 0 Å². The van der Waals surface area contributed by atoms with Crippen LogP contribution in [-0.2, 0) is 5.88 Å². The van der Waals surface area contributed by atoms with Gasteiger partial charge in [-0.15, -0.1) is 11.6 Å². The summed E-state index contributed by atoms with van der Waals surface area (Å²) in [6.07, 6.45) is 8.40. The van der Waals surface area contributed by atoms with Gasteiger partial charge in [-0.2, -0.15) is 0 Å². The lowest BCUT2D eigenvalue weighted by molar-refractivity contribution is 0.129. The molecule has 0 aromatic carbocycles. The maximum Gasteiger partial charge on any atom is 0.232 e. The Morgan fingerprint density at radius 2 is 2.00 bits per heavy atom. The molecule has 1 heterocycles. The molecule has 0 amide bonds. The van der Waals surface area contributed by atoms with Gasteiger partial charge in [0.15, 0.2) is 0 Å². The molecular formula is C12H17ClN2O. The molecule has 0 unspecified atom stereocenters. The molecule has 1 aromatic heterocycles. The van der Waals surface area contributed by atoms with Gasteiger partial charge in [-0.25, -0.2) is 4.98 Å². The first-order valence-corrected chi connectivity index (χ1v) is 6.35. The topological polar surface area (TPSA) is 35.0 Å². The van der Waals surface area contributed by atoms with Crippen LogP contribution in [0, 0.1) is 5.92 Å². The highest BCUT2D eigenvalue weighted by molar-refractivity contribution is 6.16. The van der Waals surface area contributed by atoms with Crippen LogP contribution in [0.5, 0.6) is 5.88 Å². The minimum Gasteiger partial charge on any atom is -0.473 e. The molecular weight excluding hydrogens is 224 g/mol. The molecule has 1 fully saturated rings. The van der Waals surface area contributed by atoms with Gasteiger partial charge in [-0.05, 0) is 31.6 Å². The van der Waals surface area contributed by atoms with Crippen molar-refractivity contribution in [3.63, 3.8) is 0 Å². The lowest BCUT2D eigenvalue weighted by Crippen LogP contribution is -2.23. The van der Waals surface area contributed by atoms with E-state index in [1.807, 2.05) is 0 Å². The lowest BCUT2D eigenvalue weighted by atomic mass is 9.89. The van der Waals surface area contributed by atoms with E-state index in [0.717, 1.165) is 24.5 Å². The Morgan fingerprint density at radius 1 is 1.25 bits per heavy atom. The Hall–Kier alpha value is -0.830. The summed E-state index contributed by atoms with van der Waals surface area (Å²) in [5, 5.41) is 0. The average Bonchev–Trinajstić information content (AvgIpc) is 2.33. The number of hydrogen-bond donors (Lipinski definition) is 0. The molecule has 16 heavy (non-hydrogen) atoms. The van der Waals surface area contributed by atoms with E-state index in [1.54, 1.807) is 12.4 Å². The van der Waals surface area contributed by atoms with Gasteiger partial charge >= 0.3 is 0 Å². The van der Waals surface area contributed by atoms with Crippen molar-refractivity contribution in [1.82, 2.24) is 9.97 Å². The molecule has 0 radical (unpaired) electrons. The van der Waals surface area contributed by atoms with Gasteiger partial charge in [-0.1, -0.05) is 6.92 Å². The molecule has 1 saturated carbocycles. The summed E-state index contributed by atoms with van der Waals surface area (Å²) < 4.78 is 5.79. The summed E-state index contributed by atoms with van der Waals surface area (Å²) in [5.41, 5.74) is 0.784. The van der Waals surface area contributed by atoms with Crippen LogP contribution in [0.2, 0.25) is 0 Å². The molecule has 1 aliphatic rings. The fourth-order valence-electron chi connectivity index (χ4n) is 1.99. The van der Waals surface area contributed by atoms with E-state index in [0.29, 0.717) is 17.9 Å². The molecule has 2 rings (SSSR count). The third-order valence-corrected chi connectivity index (χ3v) is 3.34. The van der Waals surface area contributed by atoms with Crippen LogP contribution in [0.3, 0.4) is 0 Å². The van der Waals surface area contributed by atoms with Crippen LogP contribution < -0.4 is 4.74 Å². The number of halogens is 1. The molecule has 0 saturated heterocycles. The maximum atomic E-state index is 5.79. The van der Waals surface area contributed by atoms with E-state index in [-0.39, 0.29) is 0 Å². The molecule has 88 valence electrons. The second-order valence-electron chi connectivity index (χ2n) is 4.48. The smallest absolute Gasteiger partial charge is 0.232 e. The zero-order valence-corrected chi connectivity index (χ0v) is 10.3. The van der Waals surface area contributed by atoms with Crippen LogP contribution in [0.1, 0.15) is 38.3 Å². The van der Waals surface area contributed by atoms with Gasteiger partial charge in [-0.3, -0.25) is 4.98 Å². The number of aromatic nitrogens is 2. The van der Waals surface area contributed by atoms with E-state index in [4.69, 9.17) is 16.3 Å². The fraction of sp³-hybridized carbons (Fsp3) is 0.667. The first-order valence-electron chi connectivity index (χ1n) is 5.81. The van der Waals surface area contributed by atoms with Gasteiger partial charge < -0.3 is 4.74 Å². The highest BCUT2D eigenvalue weighted by Gasteiger charge is 2.19. The van der Waals surface area contributed by atoms with Gasteiger partial charge in [0.2, 0.25) is 5.88 Å². The highest BCUT2D eigenvalue weighted by atomic mass is 35.5. The Bertz CT molecular complexity index is 320. The van der Waals surface area contributed by atoms with E-state index < -0.39 is 0 Å². The minimum absolute atomic E-state index is 0.312. The Labute approximate surface area is 101 Å². The predicted octanol–water partition coefficient (Wildman–Crippen LogP) is 3.17. The Morgan fingerprint density at radius 3 is 2.56 bits per heavy atom. The quantitative estimate of drug-likeness (QED) is 0.762. The van der Waals surface area contributed by atoms with Crippen molar-refractivity contribution in [3.8, 4) is 5.88 Å². The number of alkyl halides is 1. The van der Waals surface area contributed by atoms with Gasteiger partial charge in [0.1, 0.15) is 6.10 Å². The summed E-state index contributed by atoms with van der Waals surface area (Å²) in [6.45, 7) is 2.30. The zero-order chi connectivity index (χ0) is 11.4. The molecule has 1 aromatic rings. The maximum absolute atomic E-state index is 5.79. The van der Waals surface area contributed by atoms with Gasteiger partial charge in [0, 0.05) is 0 Å². The number of ether oxygens (including phenoxy) is 1. The molecule has 1 aliphatic carbocycles. The average molecular weight is 241 g/mol.